The lowest BCUT2D eigenvalue weighted by molar-refractivity contribution is 0.0467. The highest BCUT2D eigenvalue weighted by atomic mass is 32.1. The van der Waals surface area contributed by atoms with Gasteiger partial charge in [-0.3, -0.25) is 4.79 Å². The lowest BCUT2D eigenvalue weighted by Gasteiger charge is -2.05. The average molecular weight is 375 g/mol. The van der Waals surface area contributed by atoms with E-state index in [4.69, 9.17) is 14.2 Å². The molecule has 0 atom stereocenters. The zero-order valence-corrected chi connectivity index (χ0v) is 15.1. The molecule has 0 spiro atoms. The second kappa shape index (κ2) is 8.07. The number of carbonyl (C=O) groups is 1. The molecule has 0 saturated carbocycles. The van der Waals surface area contributed by atoms with E-state index in [9.17, 15) is 9.59 Å². The molecule has 3 aromatic rings. The summed E-state index contributed by atoms with van der Waals surface area (Å²) in [6, 6.07) is 7.95. The third-order valence-corrected chi connectivity index (χ3v) is 4.48. The number of benzene rings is 1. The number of ether oxygens (including phenoxy) is 3. The number of fused-ring (bicyclic) bond motifs is 1. The molecule has 0 fully saturated rings. The summed E-state index contributed by atoms with van der Waals surface area (Å²) in [6.07, 6.45) is 0.601. The van der Waals surface area contributed by atoms with Gasteiger partial charge in [0.25, 0.3) is 5.56 Å². The Morgan fingerprint density at radius 1 is 1.27 bits per heavy atom. The summed E-state index contributed by atoms with van der Waals surface area (Å²) in [6.45, 7) is 0.409. The van der Waals surface area contributed by atoms with Crippen LogP contribution in [-0.4, -0.2) is 41.4 Å². The Morgan fingerprint density at radius 3 is 2.88 bits per heavy atom. The highest BCUT2D eigenvalue weighted by molar-refractivity contribution is 7.16. The Bertz CT molecular complexity index is 982. The number of rotatable bonds is 7. The Balaban J connectivity index is 1.74. The van der Waals surface area contributed by atoms with Crippen LogP contribution in [0.2, 0.25) is 0 Å². The van der Waals surface area contributed by atoms with Crippen LogP contribution in [-0.2, 0) is 22.5 Å². The maximum absolute atomic E-state index is 12.2. The summed E-state index contributed by atoms with van der Waals surface area (Å²) in [5.41, 5.74) is 0.414. The summed E-state index contributed by atoms with van der Waals surface area (Å²) >= 11 is 1.30. The minimum atomic E-state index is -0.518. The van der Waals surface area contributed by atoms with Gasteiger partial charge in [0.1, 0.15) is 17.4 Å². The van der Waals surface area contributed by atoms with Crippen molar-refractivity contribution in [2.24, 2.45) is 0 Å². The lowest BCUT2D eigenvalue weighted by Crippen LogP contribution is -2.16. The fourth-order valence-electron chi connectivity index (χ4n) is 2.23. The van der Waals surface area contributed by atoms with Gasteiger partial charge in [0.05, 0.1) is 25.0 Å². The standard InChI is InChI=1S/C17H17N3O5S/c1-23-7-6-14-19-20-15(21)9-12(18-17(20)26-14)10-25-16(22)11-4-3-5-13(8-11)24-2/h3-5,8-9H,6-7,10H2,1-2H3. The van der Waals surface area contributed by atoms with Crippen molar-refractivity contribution in [1.29, 1.82) is 0 Å². The maximum Gasteiger partial charge on any atom is 0.338 e. The van der Waals surface area contributed by atoms with Crippen molar-refractivity contribution in [1.82, 2.24) is 14.6 Å². The van der Waals surface area contributed by atoms with Crippen LogP contribution in [0.1, 0.15) is 21.1 Å². The molecule has 136 valence electrons. The van der Waals surface area contributed by atoms with Gasteiger partial charge in [0.15, 0.2) is 0 Å². The van der Waals surface area contributed by atoms with Crippen molar-refractivity contribution in [3.63, 3.8) is 0 Å². The van der Waals surface area contributed by atoms with Crippen LogP contribution in [0.4, 0.5) is 0 Å². The first-order valence-electron chi connectivity index (χ1n) is 7.79. The van der Waals surface area contributed by atoms with Crippen LogP contribution < -0.4 is 10.3 Å². The highest BCUT2D eigenvalue weighted by Gasteiger charge is 2.12. The predicted octanol–water partition coefficient (Wildman–Crippen LogP) is 1.71. The van der Waals surface area contributed by atoms with Crippen LogP contribution >= 0.6 is 11.3 Å². The SMILES string of the molecule is COCCc1nn2c(=O)cc(COC(=O)c3cccc(OC)c3)nc2s1. The quantitative estimate of drug-likeness (QED) is 0.581. The largest absolute Gasteiger partial charge is 0.497 e. The van der Waals surface area contributed by atoms with Gasteiger partial charge in [-0.05, 0) is 18.2 Å². The fraction of sp³-hybridized carbons (Fsp3) is 0.294. The number of esters is 1. The molecule has 0 N–H and O–H groups in total. The first kappa shape index (κ1) is 18.0. The Kier molecular flexibility index (Phi) is 5.59. The van der Waals surface area contributed by atoms with E-state index in [1.165, 1.54) is 29.0 Å². The predicted molar refractivity (Wildman–Crippen MR) is 94.8 cm³/mol. The summed E-state index contributed by atoms with van der Waals surface area (Å²) in [7, 11) is 3.12. The second-order valence-corrected chi connectivity index (χ2v) is 6.37. The van der Waals surface area contributed by atoms with E-state index in [-0.39, 0.29) is 12.2 Å². The van der Waals surface area contributed by atoms with Crippen LogP contribution in [0.5, 0.6) is 5.75 Å². The summed E-state index contributed by atoms with van der Waals surface area (Å²) in [4.78, 5) is 29.1. The number of hydrogen-bond acceptors (Lipinski definition) is 8. The molecule has 0 bridgehead atoms. The number of carbonyl (C=O) groups excluding carboxylic acids is 1. The summed E-state index contributed by atoms with van der Waals surface area (Å²) in [5.74, 6) is 0.0430. The second-order valence-electron chi connectivity index (χ2n) is 5.33. The molecule has 0 radical (unpaired) electrons. The maximum atomic E-state index is 12.2. The van der Waals surface area contributed by atoms with Gasteiger partial charge in [-0.1, -0.05) is 17.4 Å². The average Bonchev–Trinajstić information content (AvgIpc) is 3.08. The topological polar surface area (TPSA) is 92.0 Å². The van der Waals surface area contributed by atoms with Crippen molar-refractivity contribution in [2.45, 2.75) is 13.0 Å². The van der Waals surface area contributed by atoms with Crippen LogP contribution in [0, 0.1) is 0 Å². The molecular formula is C17H17N3O5S. The van der Waals surface area contributed by atoms with Gasteiger partial charge in [-0.15, -0.1) is 0 Å². The fourth-order valence-corrected chi connectivity index (χ4v) is 3.13. The summed E-state index contributed by atoms with van der Waals surface area (Å²) < 4.78 is 16.6. The monoisotopic (exact) mass is 375 g/mol. The van der Waals surface area contributed by atoms with E-state index in [0.29, 0.717) is 35.0 Å². The Hall–Kier alpha value is -2.78. The summed E-state index contributed by atoms with van der Waals surface area (Å²) in [5, 5.41) is 4.96. The zero-order valence-electron chi connectivity index (χ0n) is 14.3. The molecular weight excluding hydrogens is 358 g/mol. The van der Waals surface area contributed by atoms with Crippen LogP contribution in [0.3, 0.4) is 0 Å². The molecule has 9 heteroatoms. The van der Waals surface area contributed by atoms with Gasteiger partial charge < -0.3 is 14.2 Å². The Morgan fingerprint density at radius 2 is 2.12 bits per heavy atom. The van der Waals surface area contributed by atoms with Crippen molar-refractivity contribution in [3.05, 3.63) is 57.0 Å². The van der Waals surface area contributed by atoms with E-state index in [1.807, 2.05) is 0 Å². The third-order valence-electron chi connectivity index (χ3n) is 3.52. The minimum absolute atomic E-state index is 0.104. The van der Waals surface area contributed by atoms with Gasteiger partial charge in [0.2, 0.25) is 4.96 Å². The smallest absolute Gasteiger partial charge is 0.338 e. The van der Waals surface area contributed by atoms with Crippen LogP contribution in [0.15, 0.2) is 35.1 Å². The molecule has 0 unspecified atom stereocenters. The van der Waals surface area contributed by atoms with E-state index in [1.54, 1.807) is 31.4 Å². The molecule has 0 aliphatic carbocycles. The van der Waals surface area contributed by atoms with Gasteiger partial charge >= 0.3 is 5.97 Å². The number of methoxy groups -OCH3 is 2. The highest BCUT2D eigenvalue weighted by Crippen LogP contribution is 2.15. The molecule has 0 amide bonds. The van der Waals surface area contributed by atoms with E-state index >= 15 is 0 Å². The van der Waals surface area contributed by atoms with Gasteiger partial charge in [-0.2, -0.15) is 9.61 Å². The van der Waals surface area contributed by atoms with E-state index < -0.39 is 5.97 Å². The first-order valence-corrected chi connectivity index (χ1v) is 8.61. The van der Waals surface area contributed by atoms with Crippen molar-refractivity contribution in [3.8, 4) is 5.75 Å². The van der Waals surface area contributed by atoms with E-state index in [0.717, 1.165) is 5.01 Å². The van der Waals surface area contributed by atoms with Gasteiger partial charge in [0, 0.05) is 19.6 Å². The number of nitrogens with zero attached hydrogens (tertiary/aromatic N) is 3. The molecule has 26 heavy (non-hydrogen) atoms. The van der Waals surface area contributed by atoms with Crippen molar-refractivity contribution >= 4 is 22.3 Å². The van der Waals surface area contributed by atoms with Crippen molar-refractivity contribution < 1.29 is 19.0 Å². The lowest BCUT2D eigenvalue weighted by atomic mass is 10.2. The van der Waals surface area contributed by atoms with Crippen molar-refractivity contribution in [2.75, 3.05) is 20.8 Å². The molecule has 2 aromatic heterocycles. The third kappa shape index (κ3) is 4.06. The normalized spacial score (nSPS) is 10.8. The molecule has 1 aromatic carbocycles. The Labute approximate surface area is 153 Å². The molecule has 0 saturated heterocycles. The zero-order chi connectivity index (χ0) is 18.5. The molecule has 2 heterocycles. The van der Waals surface area contributed by atoms with E-state index in [2.05, 4.69) is 10.1 Å². The number of aromatic nitrogens is 3. The molecule has 8 nitrogen and oxygen atoms in total. The molecule has 0 aliphatic heterocycles. The number of hydrogen-bond donors (Lipinski definition) is 0. The first-order chi connectivity index (χ1) is 12.6. The molecule has 3 rings (SSSR count). The molecule has 0 aliphatic rings. The van der Waals surface area contributed by atoms with Gasteiger partial charge in [-0.25, -0.2) is 9.78 Å². The minimum Gasteiger partial charge on any atom is -0.497 e. The van der Waals surface area contributed by atoms with Crippen LogP contribution in [0.25, 0.3) is 4.96 Å².